The van der Waals surface area contributed by atoms with Crippen molar-refractivity contribution in [1.29, 1.82) is 0 Å². The zero-order valence-corrected chi connectivity index (χ0v) is 8.87. The van der Waals surface area contributed by atoms with E-state index in [1.165, 1.54) is 0 Å². The van der Waals surface area contributed by atoms with Gasteiger partial charge in [0.15, 0.2) is 0 Å². The van der Waals surface area contributed by atoms with Crippen LogP contribution in [0.1, 0.15) is 27.7 Å². The Labute approximate surface area is 80.8 Å². The predicted molar refractivity (Wildman–Crippen MR) is 58.3 cm³/mol. The molecule has 2 nitrogen and oxygen atoms in total. The standard InChI is InChI=1S/C9H13NO.C2H6/c1-3-5-7-8(6-4-2)9(10)11;1-2/h3-7H,1-2H3,(H2,10,11);1-2H3/b5-3-,6-4-,8-7+;. The first-order valence-electron chi connectivity index (χ1n) is 4.47. The average Bonchev–Trinajstić information content (AvgIpc) is 2.15. The maximum Gasteiger partial charge on any atom is 0.248 e. The summed E-state index contributed by atoms with van der Waals surface area (Å²) in [6, 6.07) is 0. The SMILES string of the molecule is CC.C\C=C/C=C(\C=C/C)C(N)=O. The number of hydrogen-bond acceptors (Lipinski definition) is 1. The lowest BCUT2D eigenvalue weighted by molar-refractivity contribution is -0.114. The third-order valence-electron chi connectivity index (χ3n) is 1.10. The van der Waals surface area contributed by atoms with Crippen LogP contribution < -0.4 is 5.73 Å². The van der Waals surface area contributed by atoms with Crippen molar-refractivity contribution >= 4 is 5.91 Å². The monoisotopic (exact) mass is 181 g/mol. The zero-order valence-electron chi connectivity index (χ0n) is 8.87. The van der Waals surface area contributed by atoms with Crippen molar-refractivity contribution in [2.45, 2.75) is 27.7 Å². The van der Waals surface area contributed by atoms with Crippen molar-refractivity contribution < 1.29 is 4.79 Å². The fraction of sp³-hybridized carbons (Fsp3) is 0.364. The number of nitrogens with two attached hydrogens (primary N) is 1. The summed E-state index contributed by atoms with van der Waals surface area (Å²) < 4.78 is 0. The second kappa shape index (κ2) is 10.7. The van der Waals surface area contributed by atoms with Crippen LogP contribution in [0, 0.1) is 0 Å². The van der Waals surface area contributed by atoms with Crippen LogP contribution >= 0.6 is 0 Å². The lowest BCUT2D eigenvalue weighted by Gasteiger charge is -1.91. The van der Waals surface area contributed by atoms with Crippen molar-refractivity contribution in [3.8, 4) is 0 Å². The molecule has 0 fully saturated rings. The van der Waals surface area contributed by atoms with Crippen LogP contribution in [0.25, 0.3) is 0 Å². The third-order valence-corrected chi connectivity index (χ3v) is 1.10. The van der Waals surface area contributed by atoms with E-state index in [0.717, 1.165) is 0 Å². The molecule has 1 amide bonds. The van der Waals surface area contributed by atoms with Crippen molar-refractivity contribution in [2.24, 2.45) is 5.73 Å². The Morgan fingerprint density at radius 1 is 1.15 bits per heavy atom. The van der Waals surface area contributed by atoms with Gasteiger partial charge >= 0.3 is 0 Å². The van der Waals surface area contributed by atoms with Crippen LogP contribution in [0.3, 0.4) is 0 Å². The topological polar surface area (TPSA) is 43.1 Å². The first kappa shape index (κ1) is 14.2. The minimum Gasteiger partial charge on any atom is -0.366 e. The van der Waals surface area contributed by atoms with Crippen LogP contribution in [0.4, 0.5) is 0 Å². The van der Waals surface area contributed by atoms with Gasteiger partial charge in [-0.3, -0.25) is 4.79 Å². The number of rotatable bonds is 3. The van der Waals surface area contributed by atoms with Crippen LogP contribution in [0.5, 0.6) is 0 Å². The van der Waals surface area contributed by atoms with Crippen molar-refractivity contribution in [3.05, 3.63) is 36.0 Å². The summed E-state index contributed by atoms with van der Waals surface area (Å²) in [5.74, 6) is -0.402. The molecule has 0 saturated heterocycles. The Morgan fingerprint density at radius 3 is 2.00 bits per heavy atom. The Hall–Kier alpha value is -1.31. The fourth-order valence-electron chi connectivity index (χ4n) is 0.599. The van der Waals surface area contributed by atoms with E-state index in [1.54, 1.807) is 24.3 Å². The summed E-state index contributed by atoms with van der Waals surface area (Å²) in [6.07, 6.45) is 8.76. The van der Waals surface area contributed by atoms with Crippen LogP contribution in [-0.4, -0.2) is 5.91 Å². The van der Waals surface area contributed by atoms with Gasteiger partial charge in [-0.15, -0.1) is 0 Å². The molecule has 0 aliphatic carbocycles. The summed E-state index contributed by atoms with van der Waals surface area (Å²) in [6.45, 7) is 7.72. The molecule has 0 spiro atoms. The highest BCUT2D eigenvalue weighted by molar-refractivity contribution is 5.95. The van der Waals surface area contributed by atoms with Gasteiger partial charge in [0.05, 0.1) is 0 Å². The second-order valence-corrected chi connectivity index (χ2v) is 2.01. The summed E-state index contributed by atoms with van der Waals surface area (Å²) in [4.78, 5) is 10.7. The first-order chi connectivity index (χ1) is 6.22. The molecule has 0 radical (unpaired) electrons. The van der Waals surface area contributed by atoms with E-state index in [9.17, 15) is 4.79 Å². The van der Waals surface area contributed by atoms with Crippen LogP contribution in [0.15, 0.2) is 36.0 Å². The van der Waals surface area contributed by atoms with Crippen molar-refractivity contribution in [3.63, 3.8) is 0 Å². The molecule has 74 valence electrons. The Balaban J connectivity index is 0. The molecule has 0 rings (SSSR count). The number of primary amides is 1. The summed E-state index contributed by atoms with van der Waals surface area (Å²) in [5.41, 5.74) is 5.59. The molecule has 13 heavy (non-hydrogen) atoms. The minimum absolute atomic E-state index is 0.402. The van der Waals surface area contributed by atoms with E-state index in [0.29, 0.717) is 5.57 Å². The normalized spacial score (nSPS) is 11.5. The number of carbonyl (C=O) groups excluding carboxylic acids is 1. The molecule has 0 aromatic rings. The second-order valence-electron chi connectivity index (χ2n) is 2.01. The van der Waals surface area contributed by atoms with Gasteiger partial charge in [-0.2, -0.15) is 0 Å². The zero-order chi connectivity index (χ0) is 10.7. The van der Waals surface area contributed by atoms with Gasteiger partial charge in [-0.25, -0.2) is 0 Å². The molecule has 0 aromatic heterocycles. The Bertz CT molecular complexity index is 212. The van der Waals surface area contributed by atoms with Crippen molar-refractivity contribution in [1.82, 2.24) is 0 Å². The van der Waals surface area contributed by atoms with Crippen LogP contribution in [-0.2, 0) is 4.79 Å². The molecule has 0 aromatic carbocycles. The smallest absolute Gasteiger partial charge is 0.248 e. The molecule has 2 N–H and O–H groups in total. The van der Waals surface area contributed by atoms with Crippen LogP contribution in [0.2, 0.25) is 0 Å². The van der Waals surface area contributed by atoms with Gasteiger partial charge < -0.3 is 5.73 Å². The fourth-order valence-corrected chi connectivity index (χ4v) is 0.599. The lowest BCUT2D eigenvalue weighted by atomic mass is 10.2. The highest BCUT2D eigenvalue weighted by Gasteiger charge is 1.95. The molecular formula is C11H19NO. The number of amides is 1. The van der Waals surface area contributed by atoms with Gasteiger partial charge in [-0.1, -0.05) is 38.2 Å². The van der Waals surface area contributed by atoms with Gasteiger partial charge in [0.1, 0.15) is 0 Å². The van der Waals surface area contributed by atoms with E-state index < -0.39 is 5.91 Å². The molecule has 0 aliphatic heterocycles. The number of hydrogen-bond donors (Lipinski definition) is 1. The molecule has 0 aliphatic rings. The number of allylic oxidation sites excluding steroid dienone is 4. The molecule has 0 saturated carbocycles. The Morgan fingerprint density at radius 2 is 1.69 bits per heavy atom. The average molecular weight is 181 g/mol. The summed E-state index contributed by atoms with van der Waals surface area (Å²) >= 11 is 0. The highest BCUT2D eigenvalue weighted by Crippen LogP contribution is 1.95. The quantitative estimate of drug-likeness (QED) is 0.527. The molecular weight excluding hydrogens is 162 g/mol. The maximum atomic E-state index is 10.7. The molecule has 0 heterocycles. The molecule has 0 atom stereocenters. The van der Waals surface area contributed by atoms with E-state index in [1.807, 2.05) is 33.8 Å². The highest BCUT2D eigenvalue weighted by atomic mass is 16.1. The third kappa shape index (κ3) is 8.60. The summed E-state index contributed by atoms with van der Waals surface area (Å²) in [5, 5.41) is 0. The summed E-state index contributed by atoms with van der Waals surface area (Å²) in [7, 11) is 0. The molecule has 0 unspecified atom stereocenters. The molecule has 2 heteroatoms. The van der Waals surface area contributed by atoms with E-state index in [-0.39, 0.29) is 0 Å². The van der Waals surface area contributed by atoms with Crippen molar-refractivity contribution in [2.75, 3.05) is 0 Å². The van der Waals surface area contributed by atoms with Gasteiger partial charge in [0.2, 0.25) is 5.91 Å². The number of carbonyl (C=O) groups is 1. The predicted octanol–water partition coefficient (Wildman–Crippen LogP) is 2.58. The molecule has 0 bridgehead atoms. The lowest BCUT2D eigenvalue weighted by Crippen LogP contribution is -2.12. The van der Waals surface area contributed by atoms with E-state index >= 15 is 0 Å². The van der Waals surface area contributed by atoms with E-state index in [4.69, 9.17) is 5.73 Å². The van der Waals surface area contributed by atoms with Gasteiger partial charge in [0.25, 0.3) is 0 Å². The van der Waals surface area contributed by atoms with Gasteiger partial charge in [0, 0.05) is 5.57 Å². The largest absolute Gasteiger partial charge is 0.366 e. The maximum absolute atomic E-state index is 10.7. The minimum atomic E-state index is -0.402. The first-order valence-corrected chi connectivity index (χ1v) is 4.47. The Kier molecular flexibility index (Phi) is 11.7. The van der Waals surface area contributed by atoms with Gasteiger partial charge in [-0.05, 0) is 19.9 Å². The van der Waals surface area contributed by atoms with E-state index in [2.05, 4.69) is 0 Å².